The number of hydrogen-bond donors (Lipinski definition) is 0. The van der Waals surface area contributed by atoms with Gasteiger partial charge in [-0.1, -0.05) is 19.2 Å². The summed E-state index contributed by atoms with van der Waals surface area (Å²) in [5, 5.41) is 0. The standard InChI is InChI=1S/C13H18N.ClH/c1-5-11-14(3,4)13-9-7-12(6-2)8-10-13;/h5-10H,1-2,11H2,3-4H3;1H/q+1;/p-1. The van der Waals surface area contributed by atoms with E-state index in [1.165, 1.54) is 5.69 Å². The maximum Gasteiger partial charge on any atom is 0.132 e. The van der Waals surface area contributed by atoms with E-state index in [4.69, 9.17) is 0 Å². The summed E-state index contributed by atoms with van der Waals surface area (Å²) in [6.07, 6.45) is 3.80. The second-order valence-corrected chi connectivity index (χ2v) is 3.95. The van der Waals surface area contributed by atoms with Gasteiger partial charge in [0.15, 0.2) is 0 Å². The third-order valence-electron chi connectivity index (χ3n) is 2.41. The number of rotatable bonds is 4. The third-order valence-corrected chi connectivity index (χ3v) is 2.41. The Balaban J connectivity index is 0.00000196. The highest BCUT2D eigenvalue weighted by Gasteiger charge is 2.15. The van der Waals surface area contributed by atoms with Crippen LogP contribution in [-0.2, 0) is 0 Å². The van der Waals surface area contributed by atoms with Crippen molar-refractivity contribution < 1.29 is 12.4 Å². The molecule has 0 atom stereocenters. The minimum atomic E-state index is 0. The molecule has 0 saturated heterocycles. The molecular weight excluding hydrogens is 206 g/mol. The second kappa shape index (κ2) is 5.74. The topological polar surface area (TPSA) is 0 Å². The van der Waals surface area contributed by atoms with E-state index in [1.54, 1.807) is 0 Å². The van der Waals surface area contributed by atoms with Crippen molar-refractivity contribution in [3.63, 3.8) is 0 Å². The molecule has 82 valence electrons. The molecule has 0 N–H and O–H groups in total. The first kappa shape index (κ1) is 13.9. The normalized spacial score (nSPS) is 10.3. The molecule has 0 aliphatic rings. The first-order valence-electron chi connectivity index (χ1n) is 4.77. The predicted molar refractivity (Wildman–Crippen MR) is 65.2 cm³/mol. The Morgan fingerprint density at radius 1 is 1.13 bits per heavy atom. The van der Waals surface area contributed by atoms with E-state index >= 15 is 0 Å². The van der Waals surface area contributed by atoms with Crippen molar-refractivity contribution >= 4 is 11.8 Å². The smallest absolute Gasteiger partial charge is 0.132 e. The van der Waals surface area contributed by atoms with Crippen LogP contribution in [0.4, 0.5) is 5.69 Å². The summed E-state index contributed by atoms with van der Waals surface area (Å²) >= 11 is 0. The number of halogens is 1. The number of hydrogen-bond acceptors (Lipinski definition) is 0. The van der Waals surface area contributed by atoms with Gasteiger partial charge in [-0.05, 0) is 35.9 Å². The molecule has 0 unspecified atom stereocenters. The molecule has 0 saturated carbocycles. The van der Waals surface area contributed by atoms with Crippen LogP contribution < -0.4 is 16.9 Å². The zero-order chi connectivity index (χ0) is 10.6. The minimum absolute atomic E-state index is 0. The van der Waals surface area contributed by atoms with Crippen LogP contribution in [-0.4, -0.2) is 20.6 Å². The highest BCUT2D eigenvalue weighted by Crippen LogP contribution is 2.19. The van der Waals surface area contributed by atoms with Crippen molar-refractivity contribution in [2.75, 3.05) is 20.6 Å². The van der Waals surface area contributed by atoms with E-state index in [-0.39, 0.29) is 12.4 Å². The molecule has 15 heavy (non-hydrogen) atoms. The van der Waals surface area contributed by atoms with Gasteiger partial charge in [-0.15, -0.1) is 0 Å². The van der Waals surface area contributed by atoms with Gasteiger partial charge in [-0.25, -0.2) is 0 Å². The van der Waals surface area contributed by atoms with E-state index in [0.717, 1.165) is 16.6 Å². The quantitative estimate of drug-likeness (QED) is 0.501. The molecule has 0 heterocycles. The minimum Gasteiger partial charge on any atom is -1.00 e. The lowest BCUT2D eigenvalue weighted by molar-refractivity contribution is -0.00000304. The fourth-order valence-corrected chi connectivity index (χ4v) is 1.44. The molecule has 0 radical (unpaired) electrons. The summed E-state index contributed by atoms with van der Waals surface area (Å²) in [6, 6.07) is 8.46. The first-order valence-corrected chi connectivity index (χ1v) is 4.77. The van der Waals surface area contributed by atoms with Gasteiger partial charge in [0.2, 0.25) is 0 Å². The van der Waals surface area contributed by atoms with Crippen LogP contribution in [0.25, 0.3) is 6.08 Å². The molecule has 0 amide bonds. The molecule has 1 rings (SSSR count). The van der Waals surface area contributed by atoms with Crippen molar-refractivity contribution in [1.82, 2.24) is 4.48 Å². The van der Waals surface area contributed by atoms with Crippen LogP contribution in [0, 0.1) is 0 Å². The maximum absolute atomic E-state index is 3.77. The van der Waals surface area contributed by atoms with Crippen molar-refractivity contribution in [2.24, 2.45) is 0 Å². The van der Waals surface area contributed by atoms with Crippen LogP contribution >= 0.6 is 0 Å². The van der Waals surface area contributed by atoms with Gasteiger partial charge in [0, 0.05) is 0 Å². The molecule has 0 spiro atoms. The van der Waals surface area contributed by atoms with Gasteiger partial charge in [-0.3, -0.25) is 4.48 Å². The molecule has 0 aliphatic heterocycles. The van der Waals surface area contributed by atoms with Crippen LogP contribution in [0.1, 0.15) is 5.56 Å². The van der Waals surface area contributed by atoms with Gasteiger partial charge in [-0.2, -0.15) is 0 Å². The zero-order valence-corrected chi connectivity index (χ0v) is 10.2. The molecule has 0 fully saturated rings. The largest absolute Gasteiger partial charge is 1.00 e. The van der Waals surface area contributed by atoms with Gasteiger partial charge in [0.05, 0.1) is 14.1 Å². The van der Waals surface area contributed by atoms with E-state index in [2.05, 4.69) is 51.5 Å². The van der Waals surface area contributed by atoms with E-state index in [0.29, 0.717) is 0 Å². The molecule has 0 bridgehead atoms. The molecule has 0 aromatic heterocycles. The fourth-order valence-electron chi connectivity index (χ4n) is 1.44. The van der Waals surface area contributed by atoms with Crippen molar-refractivity contribution in [2.45, 2.75) is 0 Å². The maximum atomic E-state index is 3.77. The van der Waals surface area contributed by atoms with Crippen LogP contribution in [0.2, 0.25) is 0 Å². The van der Waals surface area contributed by atoms with E-state index in [9.17, 15) is 0 Å². The Kier molecular flexibility index (Phi) is 5.34. The highest BCUT2D eigenvalue weighted by molar-refractivity contribution is 5.53. The third kappa shape index (κ3) is 3.54. The van der Waals surface area contributed by atoms with Crippen molar-refractivity contribution in [3.8, 4) is 0 Å². The van der Waals surface area contributed by atoms with Crippen molar-refractivity contribution in [1.29, 1.82) is 0 Å². The molecule has 1 aromatic rings. The van der Waals surface area contributed by atoms with E-state index in [1.807, 2.05) is 12.2 Å². The van der Waals surface area contributed by atoms with Gasteiger partial charge < -0.3 is 12.4 Å². The van der Waals surface area contributed by atoms with Gasteiger partial charge in [0.25, 0.3) is 0 Å². The Bertz CT molecular complexity index is 325. The van der Waals surface area contributed by atoms with Gasteiger partial charge in [0.1, 0.15) is 12.2 Å². The van der Waals surface area contributed by atoms with E-state index < -0.39 is 0 Å². The second-order valence-electron chi connectivity index (χ2n) is 3.95. The Labute approximate surface area is 98.7 Å². The number of nitrogens with zero attached hydrogens (tertiary/aromatic N) is 1. The molecular formula is C13H18ClN. The number of benzene rings is 1. The number of likely N-dealkylation sites (N-methyl/N-ethyl adjacent to an activating group) is 1. The van der Waals surface area contributed by atoms with Crippen molar-refractivity contribution in [3.05, 3.63) is 49.1 Å². The van der Waals surface area contributed by atoms with Crippen LogP contribution in [0.15, 0.2) is 43.5 Å². The Morgan fingerprint density at radius 3 is 2.07 bits per heavy atom. The summed E-state index contributed by atoms with van der Waals surface area (Å²) in [5.41, 5.74) is 2.45. The Morgan fingerprint density at radius 2 is 1.67 bits per heavy atom. The lowest BCUT2D eigenvalue weighted by Crippen LogP contribution is -3.00. The molecule has 1 aromatic carbocycles. The predicted octanol–water partition coefficient (Wildman–Crippen LogP) is 0.0865. The van der Waals surface area contributed by atoms with Crippen LogP contribution in [0.3, 0.4) is 0 Å². The lowest BCUT2D eigenvalue weighted by atomic mass is 10.2. The molecule has 1 nitrogen and oxygen atoms in total. The Hall–Kier alpha value is -1.05. The van der Waals surface area contributed by atoms with Gasteiger partial charge >= 0.3 is 0 Å². The zero-order valence-electron chi connectivity index (χ0n) is 9.41. The number of quaternary nitrogens is 1. The summed E-state index contributed by atoms with van der Waals surface area (Å²) in [4.78, 5) is 0. The average Bonchev–Trinajstić information content (AvgIpc) is 2.18. The monoisotopic (exact) mass is 223 g/mol. The summed E-state index contributed by atoms with van der Waals surface area (Å²) in [7, 11) is 4.34. The fraction of sp³-hybridized carbons (Fsp3) is 0.231. The lowest BCUT2D eigenvalue weighted by Gasteiger charge is -2.27. The molecule has 0 aliphatic carbocycles. The summed E-state index contributed by atoms with van der Waals surface area (Å²) < 4.78 is 0.834. The summed E-state index contributed by atoms with van der Waals surface area (Å²) in [5.74, 6) is 0. The summed E-state index contributed by atoms with van der Waals surface area (Å²) in [6.45, 7) is 8.45. The average molecular weight is 224 g/mol. The SMILES string of the molecule is C=CC[N+](C)(C)c1ccc(C=C)cc1.[Cl-]. The first-order chi connectivity index (χ1) is 6.60. The highest BCUT2D eigenvalue weighted by atomic mass is 35.5. The molecule has 2 heteroatoms. The van der Waals surface area contributed by atoms with Crippen LogP contribution in [0.5, 0.6) is 0 Å².